The number of anilines is 1. The molecule has 0 aliphatic carbocycles. The van der Waals surface area contributed by atoms with E-state index in [0.29, 0.717) is 16.7 Å². The van der Waals surface area contributed by atoms with Crippen LogP contribution in [0.4, 0.5) is 11.4 Å². The Bertz CT molecular complexity index is 502. The molecule has 1 rings (SSSR count). The molecule has 0 atom stereocenters. The maximum Gasteiger partial charge on any atom is 0.293 e. The highest BCUT2D eigenvalue weighted by Crippen LogP contribution is 2.26. The first kappa shape index (κ1) is 14.2. The number of nitrogens with zero attached hydrogens (tertiary/aromatic N) is 1. The standard InChI is InChI=1S/C11H12BrN3O3/c1-7(12)6-14-9-4-3-8(11(16)13-2)5-10(9)15(17)18/h3-5,14H,1,6H2,2H3,(H,13,16). The first-order chi connectivity index (χ1) is 8.45. The van der Waals surface area contributed by atoms with Crippen LogP contribution in [0, 0.1) is 10.1 Å². The summed E-state index contributed by atoms with van der Waals surface area (Å²) < 4.78 is 0.673. The summed E-state index contributed by atoms with van der Waals surface area (Å²) in [5.41, 5.74) is 0.436. The number of nitrogens with one attached hydrogen (secondary N) is 2. The van der Waals surface area contributed by atoms with Gasteiger partial charge in [0.1, 0.15) is 5.69 Å². The summed E-state index contributed by atoms with van der Waals surface area (Å²) in [5, 5.41) is 16.2. The second-order valence-electron chi connectivity index (χ2n) is 3.44. The lowest BCUT2D eigenvalue weighted by Crippen LogP contribution is -2.18. The summed E-state index contributed by atoms with van der Waals surface area (Å²) in [6, 6.07) is 4.25. The Morgan fingerprint density at radius 1 is 1.56 bits per heavy atom. The third-order valence-corrected chi connectivity index (χ3v) is 2.43. The lowest BCUT2D eigenvalue weighted by atomic mass is 10.1. The van der Waals surface area contributed by atoms with Crippen molar-refractivity contribution in [3.8, 4) is 0 Å². The molecular formula is C11H12BrN3O3. The van der Waals surface area contributed by atoms with Gasteiger partial charge in [-0.2, -0.15) is 0 Å². The molecule has 0 aromatic heterocycles. The zero-order valence-corrected chi connectivity index (χ0v) is 11.3. The predicted octanol–water partition coefficient (Wildman–Crippen LogP) is 2.27. The Kier molecular flexibility index (Phi) is 4.85. The van der Waals surface area contributed by atoms with Crippen molar-refractivity contribution in [1.82, 2.24) is 5.32 Å². The number of halogens is 1. The van der Waals surface area contributed by atoms with Gasteiger partial charge < -0.3 is 10.6 Å². The number of nitro groups is 1. The van der Waals surface area contributed by atoms with Crippen molar-refractivity contribution in [3.63, 3.8) is 0 Å². The Morgan fingerprint density at radius 2 is 2.22 bits per heavy atom. The molecule has 0 heterocycles. The lowest BCUT2D eigenvalue weighted by Gasteiger charge is -2.07. The number of rotatable bonds is 5. The minimum absolute atomic E-state index is 0.148. The summed E-state index contributed by atoms with van der Waals surface area (Å²) in [6.45, 7) is 3.99. The molecule has 2 N–H and O–H groups in total. The molecule has 1 aromatic rings. The highest BCUT2D eigenvalue weighted by molar-refractivity contribution is 9.11. The zero-order chi connectivity index (χ0) is 13.7. The van der Waals surface area contributed by atoms with Crippen molar-refractivity contribution >= 4 is 33.2 Å². The van der Waals surface area contributed by atoms with Crippen LogP contribution in [0.25, 0.3) is 0 Å². The maximum atomic E-state index is 11.4. The highest BCUT2D eigenvalue weighted by Gasteiger charge is 2.16. The van der Waals surface area contributed by atoms with E-state index in [1.807, 2.05) is 0 Å². The molecule has 0 radical (unpaired) electrons. The van der Waals surface area contributed by atoms with Gasteiger partial charge in [0.15, 0.2) is 0 Å². The van der Waals surface area contributed by atoms with Gasteiger partial charge in [-0.05, 0) is 12.1 Å². The Balaban J connectivity index is 3.08. The summed E-state index contributed by atoms with van der Waals surface area (Å²) in [5.74, 6) is -0.366. The van der Waals surface area contributed by atoms with Crippen LogP contribution >= 0.6 is 15.9 Å². The topological polar surface area (TPSA) is 84.3 Å². The number of carbonyl (C=O) groups is 1. The molecule has 18 heavy (non-hydrogen) atoms. The molecule has 0 aliphatic heterocycles. The molecular weight excluding hydrogens is 302 g/mol. The van der Waals surface area contributed by atoms with E-state index in [0.717, 1.165) is 0 Å². The fourth-order valence-electron chi connectivity index (χ4n) is 1.31. The third-order valence-electron chi connectivity index (χ3n) is 2.15. The van der Waals surface area contributed by atoms with Crippen molar-refractivity contribution in [2.24, 2.45) is 0 Å². The molecule has 0 fully saturated rings. The Hall–Kier alpha value is -1.89. The molecule has 7 heteroatoms. The third kappa shape index (κ3) is 3.56. The van der Waals surface area contributed by atoms with E-state index >= 15 is 0 Å². The second kappa shape index (κ2) is 6.15. The Labute approximate surface area is 112 Å². The molecule has 6 nitrogen and oxygen atoms in total. The van der Waals surface area contributed by atoms with Crippen molar-refractivity contribution in [2.45, 2.75) is 0 Å². The van der Waals surface area contributed by atoms with Gasteiger partial charge in [0.2, 0.25) is 0 Å². The molecule has 0 spiro atoms. The van der Waals surface area contributed by atoms with Crippen LogP contribution in [0.1, 0.15) is 10.4 Å². The average Bonchev–Trinajstić information content (AvgIpc) is 2.34. The quantitative estimate of drug-likeness (QED) is 0.645. The normalized spacial score (nSPS) is 9.67. The van der Waals surface area contributed by atoms with Gasteiger partial charge in [0.25, 0.3) is 11.6 Å². The van der Waals surface area contributed by atoms with Crippen molar-refractivity contribution in [3.05, 3.63) is 44.9 Å². The van der Waals surface area contributed by atoms with Crippen LogP contribution in [0.2, 0.25) is 0 Å². The van der Waals surface area contributed by atoms with Crippen molar-refractivity contribution in [2.75, 3.05) is 18.9 Å². The van der Waals surface area contributed by atoms with E-state index in [2.05, 4.69) is 33.1 Å². The van der Waals surface area contributed by atoms with E-state index in [-0.39, 0.29) is 17.2 Å². The number of hydrogen-bond acceptors (Lipinski definition) is 4. The molecule has 1 amide bonds. The van der Waals surface area contributed by atoms with E-state index < -0.39 is 4.92 Å². The van der Waals surface area contributed by atoms with Crippen LogP contribution < -0.4 is 10.6 Å². The summed E-state index contributed by atoms with van der Waals surface area (Å²) in [6.07, 6.45) is 0. The van der Waals surface area contributed by atoms with Crippen LogP contribution in [0.3, 0.4) is 0 Å². The summed E-state index contributed by atoms with van der Waals surface area (Å²) >= 11 is 3.15. The molecule has 1 aromatic carbocycles. The summed E-state index contributed by atoms with van der Waals surface area (Å²) in [7, 11) is 1.47. The maximum absolute atomic E-state index is 11.4. The summed E-state index contributed by atoms with van der Waals surface area (Å²) in [4.78, 5) is 21.8. The predicted molar refractivity (Wildman–Crippen MR) is 73.0 cm³/mol. The van der Waals surface area contributed by atoms with Gasteiger partial charge in [-0.3, -0.25) is 14.9 Å². The number of carbonyl (C=O) groups excluding carboxylic acids is 1. The number of benzene rings is 1. The van der Waals surface area contributed by atoms with Gasteiger partial charge in [-0.1, -0.05) is 22.5 Å². The van der Waals surface area contributed by atoms with Crippen LogP contribution in [0.5, 0.6) is 0 Å². The Morgan fingerprint density at radius 3 is 2.72 bits per heavy atom. The number of nitro benzene ring substituents is 1. The molecule has 0 aliphatic rings. The second-order valence-corrected chi connectivity index (χ2v) is 4.56. The van der Waals surface area contributed by atoms with Crippen LogP contribution in [-0.4, -0.2) is 24.4 Å². The van der Waals surface area contributed by atoms with Gasteiger partial charge >= 0.3 is 0 Å². The molecule has 0 unspecified atom stereocenters. The SMILES string of the molecule is C=C(Br)CNc1ccc(C(=O)NC)cc1[N+](=O)[O-]. The minimum Gasteiger partial charge on any atom is -0.375 e. The minimum atomic E-state index is -0.536. The van der Waals surface area contributed by atoms with Gasteiger partial charge in [-0.25, -0.2) is 0 Å². The van der Waals surface area contributed by atoms with Gasteiger partial charge in [0, 0.05) is 29.7 Å². The molecule has 0 saturated heterocycles. The van der Waals surface area contributed by atoms with Crippen molar-refractivity contribution < 1.29 is 9.72 Å². The van der Waals surface area contributed by atoms with Crippen LogP contribution in [-0.2, 0) is 0 Å². The van der Waals surface area contributed by atoms with E-state index in [9.17, 15) is 14.9 Å². The molecule has 0 saturated carbocycles. The number of amides is 1. The molecule has 0 bridgehead atoms. The highest BCUT2D eigenvalue weighted by atomic mass is 79.9. The number of hydrogen-bond donors (Lipinski definition) is 2. The largest absolute Gasteiger partial charge is 0.375 e. The van der Waals surface area contributed by atoms with Crippen molar-refractivity contribution in [1.29, 1.82) is 0 Å². The first-order valence-electron chi connectivity index (χ1n) is 5.03. The fraction of sp³-hybridized carbons (Fsp3) is 0.182. The average molecular weight is 314 g/mol. The first-order valence-corrected chi connectivity index (χ1v) is 5.82. The van der Waals surface area contributed by atoms with Gasteiger partial charge in [0.05, 0.1) is 4.92 Å². The zero-order valence-electron chi connectivity index (χ0n) is 9.70. The monoisotopic (exact) mass is 313 g/mol. The van der Waals surface area contributed by atoms with Gasteiger partial charge in [-0.15, -0.1) is 0 Å². The van der Waals surface area contributed by atoms with E-state index in [4.69, 9.17) is 0 Å². The smallest absolute Gasteiger partial charge is 0.293 e. The fourth-order valence-corrected chi connectivity index (χ4v) is 1.45. The van der Waals surface area contributed by atoms with Crippen LogP contribution in [0.15, 0.2) is 29.3 Å². The lowest BCUT2D eigenvalue weighted by molar-refractivity contribution is -0.384. The molecule has 96 valence electrons. The van der Waals surface area contributed by atoms with E-state index in [1.54, 1.807) is 0 Å². The van der Waals surface area contributed by atoms with E-state index in [1.165, 1.54) is 25.2 Å².